The number of amides is 2. The molecule has 0 aliphatic carbocycles. The van der Waals surface area contributed by atoms with E-state index in [4.69, 9.17) is 5.73 Å². The molecule has 14 nitrogen and oxygen atoms in total. The van der Waals surface area contributed by atoms with Crippen molar-refractivity contribution in [1.29, 1.82) is 0 Å². The van der Waals surface area contributed by atoms with Gasteiger partial charge in [0.1, 0.15) is 50.4 Å². The van der Waals surface area contributed by atoms with E-state index in [1.54, 1.807) is 7.05 Å². The fourth-order valence-electron chi connectivity index (χ4n) is 4.42. The number of likely N-dealkylation sites (tertiary alicyclic amines) is 1. The maximum Gasteiger partial charge on any atom is 0.278 e. The molecule has 0 aromatic carbocycles. The molecule has 2 saturated heterocycles. The molecule has 1 unspecified atom stereocenters. The van der Waals surface area contributed by atoms with Gasteiger partial charge in [0.15, 0.2) is 5.13 Å². The Kier molecular flexibility index (Phi) is 6.52. The maximum atomic E-state index is 12.9. The molecule has 0 spiro atoms. The first-order valence-corrected chi connectivity index (χ1v) is 12.0. The number of nitrogen functional groups attached to an aromatic ring is 1. The fourth-order valence-corrected chi connectivity index (χ4v) is 6.19. The van der Waals surface area contributed by atoms with Crippen LogP contribution in [0.2, 0.25) is 0 Å². The highest BCUT2D eigenvalue weighted by atomic mass is 32.2. The zero-order chi connectivity index (χ0) is 24.8. The van der Waals surface area contributed by atoms with Crippen LogP contribution in [0.4, 0.5) is 5.13 Å². The quantitative estimate of drug-likeness (QED) is 0.120. The molecule has 2 fully saturated rings. The van der Waals surface area contributed by atoms with Gasteiger partial charge in [-0.25, -0.2) is 0 Å². The maximum absolute atomic E-state index is 12.9. The highest BCUT2D eigenvalue weighted by Gasteiger charge is 2.54. The van der Waals surface area contributed by atoms with Crippen molar-refractivity contribution >= 4 is 51.9 Å². The number of likely N-dealkylation sites (N-methyl/N-ethyl adjacent to an activating group) is 1. The predicted octanol–water partition coefficient (Wildman–Crippen LogP) is -3.94. The van der Waals surface area contributed by atoms with E-state index >= 15 is 0 Å². The van der Waals surface area contributed by atoms with Gasteiger partial charge in [0.2, 0.25) is 11.5 Å². The first kappa shape index (κ1) is 24.3. The number of oxime groups is 1. The van der Waals surface area contributed by atoms with Crippen LogP contribution in [0.5, 0.6) is 0 Å². The number of nitrogens with two attached hydrogens (primary N) is 1. The van der Waals surface area contributed by atoms with Gasteiger partial charge in [0, 0.05) is 22.9 Å². The third-order valence-electron chi connectivity index (χ3n) is 5.85. The number of aromatic nitrogens is 2. The van der Waals surface area contributed by atoms with Gasteiger partial charge in [-0.15, -0.1) is 11.8 Å². The van der Waals surface area contributed by atoms with Crippen LogP contribution < -0.4 is 16.2 Å². The van der Waals surface area contributed by atoms with Crippen LogP contribution >= 0.6 is 23.3 Å². The summed E-state index contributed by atoms with van der Waals surface area (Å²) < 4.78 is 4.15. The van der Waals surface area contributed by atoms with Crippen LogP contribution in [0.3, 0.4) is 0 Å². The SMILES string of the molecule is CO/N=C(\C(=O)NC1C(=O)N2C(C(=O)[O-])=C(C[N+]3(C)C[C@@H](O)[C@H](O)C3)CS[C@H]12)c1nsc(N)n1. The van der Waals surface area contributed by atoms with E-state index in [1.807, 2.05) is 0 Å². The first-order valence-electron chi connectivity index (χ1n) is 10.1. The summed E-state index contributed by atoms with van der Waals surface area (Å²) >= 11 is 2.15. The highest BCUT2D eigenvalue weighted by Crippen LogP contribution is 2.41. The Bertz CT molecular complexity index is 1080. The minimum Gasteiger partial charge on any atom is -0.543 e. The molecule has 5 N–H and O–H groups in total. The van der Waals surface area contributed by atoms with Gasteiger partial charge in [0.25, 0.3) is 11.8 Å². The first-order chi connectivity index (χ1) is 16.0. The van der Waals surface area contributed by atoms with Crippen LogP contribution in [0.1, 0.15) is 5.82 Å². The van der Waals surface area contributed by atoms with Crippen LogP contribution in [0.25, 0.3) is 0 Å². The number of aliphatic hydroxyl groups excluding tert-OH is 2. The summed E-state index contributed by atoms with van der Waals surface area (Å²) in [5, 5.41) is 37.4. The number of carboxylic acids is 1. The van der Waals surface area contributed by atoms with E-state index in [1.165, 1.54) is 18.9 Å². The number of anilines is 1. The van der Waals surface area contributed by atoms with Gasteiger partial charge in [-0.05, 0) is 0 Å². The van der Waals surface area contributed by atoms with Gasteiger partial charge >= 0.3 is 0 Å². The van der Waals surface area contributed by atoms with Crippen molar-refractivity contribution in [3.63, 3.8) is 0 Å². The lowest BCUT2D eigenvalue weighted by Crippen LogP contribution is -2.71. The Labute approximate surface area is 201 Å². The topological polar surface area (TPSA) is 203 Å². The van der Waals surface area contributed by atoms with Gasteiger partial charge in [-0.2, -0.15) is 9.36 Å². The molecule has 4 rings (SSSR count). The second-order valence-electron chi connectivity index (χ2n) is 8.46. The molecule has 0 saturated carbocycles. The zero-order valence-corrected chi connectivity index (χ0v) is 19.8. The van der Waals surface area contributed by atoms with Gasteiger partial charge < -0.3 is 40.5 Å². The molecule has 0 radical (unpaired) electrons. The molecule has 1 aromatic heterocycles. The minimum absolute atomic E-state index is 0.0636. The number of nitrogens with one attached hydrogen (secondary N) is 1. The fraction of sp³-hybridized carbons (Fsp3) is 0.556. The number of quaternary nitrogens is 1. The van der Waals surface area contributed by atoms with Gasteiger partial charge in [-0.3, -0.25) is 14.5 Å². The monoisotopic (exact) mass is 513 g/mol. The normalized spacial score (nSPS) is 28.4. The highest BCUT2D eigenvalue weighted by molar-refractivity contribution is 8.00. The van der Waals surface area contributed by atoms with Crippen LogP contribution in [-0.2, 0) is 19.2 Å². The van der Waals surface area contributed by atoms with Crippen LogP contribution in [0.15, 0.2) is 16.4 Å². The summed E-state index contributed by atoms with van der Waals surface area (Å²) in [4.78, 5) is 47.3. The molecule has 0 bridgehead atoms. The molecular formula is C18H23N7O7S2. The molecule has 2 amide bonds. The van der Waals surface area contributed by atoms with E-state index in [-0.39, 0.29) is 52.2 Å². The molecular weight excluding hydrogens is 490 g/mol. The van der Waals surface area contributed by atoms with Crippen LogP contribution in [-0.4, -0.2) is 116 Å². The summed E-state index contributed by atoms with van der Waals surface area (Å²) in [6.07, 6.45) is -1.81. The summed E-state index contributed by atoms with van der Waals surface area (Å²) in [6.45, 7) is 0.727. The Hall–Kier alpha value is -2.79. The number of carboxylic acid groups (broad SMARTS) is 1. The largest absolute Gasteiger partial charge is 0.543 e. The zero-order valence-electron chi connectivity index (χ0n) is 18.2. The molecule has 16 heteroatoms. The number of thioether (sulfide) groups is 1. The van der Waals surface area contributed by atoms with Crippen molar-refractivity contribution in [1.82, 2.24) is 19.6 Å². The van der Waals surface area contributed by atoms with Gasteiger partial charge in [0.05, 0.1) is 18.7 Å². The van der Waals surface area contributed by atoms with Gasteiger partial charge in [-0.1, -0.05) is 5.16 Å². The molecule has 34 heavy (non-hydrogen) atoms. The smallest absolute Gasteiger partial charge is 0.278 e. The molecule has 184 valence electrons. The van der Waals surface area contributed by atoms with E-state index in [9.17, 15) is 29.7 Å². The number of fused-ring (bicyclic) bond motifs is 1. The van der Waals surface area contributed by atoms with Crippen LogP contribution in [0, 0.1) is 0 Å². The van der Waals surface area contributed by atoms with E-state index in [2.05, 4.69) is 24.7 Å². The second-order valence-corrected chi connectivity index (χ2v) is 10.3. The van der Waals surface area contributed by atoms with E-state index in [0.717, 1.165) is 16.4 Å². The summed E-state index contributed by atoms with van der Waals surface area (Å²) in [5.74, 6) is -2.69. The van der Waals surface area contributed by atoms with E-state index < -0.39 is 41.4 Å². The number of β-lactam (4-membered cyclic amide) rings is 1. The standard InChI is InChI=1S/C18H23N7O7S2/c1-25(4-8(26)9(27)5-25)3-7-6-33-16-11(15(29)24(16)12(7)17(30)31)20-14(28)10(22-32-2)13-21-18(19)34-23-13/h8-9,11,16,26-27H,3-6H2,1-2H3,(H3-,19,20,21,23,28,30,31)/b22-10-/t8-,9-,11?,16-/m1/s1. The third-order valence-corrected chi connectivity index (χ3v) is 7.73. The van der Waals surface area contributed by atoms with Crippen molar-refractivity contribution in [2.75, 3.05) is 45.3 Å². The van der Waals surface area contributed by atoms with E-state index in [0.29, 0.717) is 5.57 Å². The van der Waals surface area contributed by atoms with Crippen molar-refractivity contribution < 1.29 is 39.0 Å². The second kappa shape index (κ2) is 9.10. The molecule has 4 heterocycles. The van der Waals surface area contributed by atoms with Crippen molar-refractivity contribution in [3.05, 3.63) is 17.1 Å². The third kappa shape index (κ3) is 4.34. The molecule has 4 atom stereocenters. The number of aliphatic carboxylic acids is 1. The minimum atomic E-state index is -1.51. The molecule has 3 aliphatic rings. The Morgan fingerprint density at radius 3 is 2.62 bits per heavy atom. The number of rotatable bonds is 7. The Morgan fingerprint density at radius 1 is 1.38 bits per heavy atom. The number of hydrogen-bond donors (Lipinski definition) is 4. The summed E-state index contributed by atoms with van der Waals surface area (Å²) in [6, 6.07) is -1.01. The van der Waals surface area contributed by atoms with Crippen molar-refractivity contribution in [3.8, 4) is 0 Å². The van der Waals surface area contributed by atoms with Crippen molar-refractivity contribution in [2.45, 2.75) is 23.6 Å². The molecule has 3 aliphatic heterocycles. The summed E-state index contributed by atoms with van der Waals surface area (Å²) in [5.41, 5.74) is 5.51. The molecule has 1 aromatic rings. The number of carbonyl (C=O) groups excluding carboxylic acids is 3. The number of nitrogens with zero attached hydrogens (tertiary/aromatic N) is 5. The predicted molar refractivity (Wildman–Crippen MR) is 118 cm³/mol. The number of hydrogen-bond acceptors (Lipinski definition) is 13. The summed E-state index contributed by atoms with van der Waals surface area (Å²) in [7, 11) is 3.03. The lowest BCUT2D eigenvalue weighted by Gasteiger charge is -2.51. The van der Waals surface area contributed by atoms with Crippen molar-refractivity contribution in [2.24, 2.45) is 5.16 Å². The number of carbonyl (C=O) groups is 3. The lowest BCUT2D eigenvalue weighted by molar-refractivity contribution is -0.895. The lowest BCUT2D eigenvalue weighted by atomic mass is 10.0. The number of aliphatic hydroxyl groups is 2. The average Bonchev–Trinajstić information content (AvgIpc) is 3.30. The average molecular weight is 514 g/mol. The Balaban J connectivity index is 1.52. The Morgan fingerprint density at radius 2 is 2.06 bits per heavy atom.